The Morgan fingerprint density at radius 2 is 1.29 bits per heavy atom. The van der Waals surface area contributed by atoms with Crippen molar-refractivity contribution in [2.24, 2.45) is 17.8 Å². The Kier molecular flexibility index (Phi) is 5.96. The third-order valence-electron chi connectivity index (χ3n) is 8.22. The van der Waals surface area contributed by atoms with Crippen molar-refractivity contribution < 1.29 is 4.52 Å². The van der Waals surface area contributed by atoms with E-state index >= 15 is 0 Å². The van der Waals surface area contributed by atoms with Crippen molar-refractivity contribution in [3.8, 4) is 11.1 Å². The van der Waals surface area contributed by atoms with Gasteiger partial charge in [-0.15, -0.1) is 0 Å². The van der Waals surface area contributed by atoms with Gasteiger partial charge in [-0.2, -0.15) is 0 Å². The van der Waals surface area contributed by atoms with E-state index in [0.29, 0.717) is 17.9 Å². The summed E-state index contributed by atoms with van der Waals surface area (Å²) in [5.74, 6) is 2.15. The van der Waals surface area contributed by atoms with Crippen molar-refractivity contribution in [2.45, 2.75) is 58.5 Å². The van der Waals surface area contributed by atoms with E-state index in [0.717, 1.165) is 18.2 Å². The largest absolute Gasteiger partial charge is 0.355 e. The fourth-order valence-electron chi connectivity index (χ4n) is 6.43. The normalized spacial score (nSPS) is 23.1. The summed E-state index contributed by atoms with van der Waals surface area (Å²) in [6.45, 7) is 7.19. The van der Waals surface area contributed by atoms with Crippen LogP contribution in [0, 0.1) is 17.8 Å². The molecule has 0 unspecified atom stereocenters. The van der Waals surface area contributed by atoms with Crippen molar-refractivity contribution in [3.63, 3.8) is 0 Å². The molecule has 0 spiro atoms. The van der Waals surface area contributed by atoms with Gasteiger partial charge in [-0.25, -0.2) is 0 Å². The Bertz CT molecular complexity index is 1250. The fourth-order valence-corrected chi connectivity index (χ4v) is 8.60. The first-order chi connectivity index (χ1) is 16.6. The molecule has 1 heterocycles. The summed E-state index contributed by atoms with van der Waals surface area (Å²) in [6, 6.07) is 27.2. The minimum Gasteiger partial charge on any atom is -0.355 e. The first kappa shape index (κ1) is 22.3. The van der Waals surface area contributed by atoms with Crippen LogP contribution in [0.3, 0.4) is 0 Å². The van der Waals surface area contributed by atoms with Gasteiger partial charge in [0, 0.05) is 20.5 Å². The summed E-state index contributed by atoms with van der Waals surface area (Å²) in [5.41, 5.74) is 5.81. The molecule has 0 N–H and O–H groups in total. The highest BCUT2D eigenvalue weighted by Gasteiger charge is 2.34. The molecule has 0 saturated heterocycles. The molecule has 1 aliphatic heterocycles. The third-order valence-corrected chi connectivity index (χ3v) is 10.2. The molecule has 1 saturated carbocycles. The van der Waals surface area contributed by atoms with Gasteiger partial charge in [0.15, 0.2) is 0 Å². The average Bonchev–Trinajstić information content (AvgIpc) is 3.00. The van der Waals surface area contributed by atoms with Crippen LogP contribution >= 0.6 is 8.15 Å². The van der Waals surface area contributed by atoms with Gasteiger partial charge in [0.25, 0.3) is 0 Å². The van der Waals surface area contributed by atoms with Gasteiger partial charge in [-0.1, -0.05) is 100.0 Å². The molecule has 2 heteroatoms. The van der Waals surface area contributed by atoms with Crippen molar-refractivity contribution in [1.82, 2.24) is 0 Å². The Labute approximate surface area is 205 Å². The van der Waals surface area contributed by atoms with Gasteiger partial charge in [-0.05, 0) is 74.4 Å². The van der Waals surface area contributed by atoms with Gasteiger partial charge in [-0.3, -0.25) is 0 Å². The zero-order chi connectivity index (χ0) is 23.2. The predicted molar refractivity (Wildman–Crippen MR) is 147 cm³/mol. The van der Waals surface area contributed by atoms with Crippen LogP contribution in [0.5, 0.6) is 0 Å². The summed E-state index contributed by atoms with van der Waals surface area (Å²) < 4.78 is 7.16. The van der Waals surface area contributed by atoms with E-state index < -0.39 is 8.15 Å². The van der Waals surface area contributed by atoms with E-state index in [4.69, 9.17) is 4.52 Å². The predicted octanol–water partition coefficient (Wildman–Crippen LogP) is 9.55. The molecule has 3 atom stereocenters. The van der Waals surface area contributed by atoms with E-state index in [1.165, 1.54) is 63.1 Å². The van der Waals surface area contributed by atoms with E-state index in [-0.39, 0.29) is 0 Å². The highest BCUT2D eigenvalue weighted by molar-refractivity contribution is 7.51. The lowest BCUT2D eigenvalue weighted by molar-refractivity contribution is 0.0548. The molecule has 0 aromatic heterocycles. The van der Waals surface area contributed by atoms with Crippen LogP contribution in [0.4, 0.5) is 0 Å². The van der Waals surface area contributed by atoms with Crippen LogP contribution < -0.4 is 0 Å². The van der Waals surface area contributed by atoms with Crippen LogP contribution in [0.15, 0.2) is 72.8 Å². The number of benzene rings is 4. The summed E-state index contributed by atoms with van der Waals surface area (Å²) in [7, 11) is -0.576. The number of hydrogen-bond acceptors (Lipinski definition) is 1. The van der Waals surface area contributed by atoms with Crippen LogP contribution in [0.25, 0.3) is 32.7 Å². The second-order valence-electron chi connectivity index (χ2n) is 10.9. The van der Waals surface area contributed by atoms with Gasteiger partial charge >= 0.3 is 0 Å². The lowest BCUT2D eigenvalue weighted by atomic mass is 9.75. The van der Waals surface area contributed by atoms with E-state index in [2.05, 4.69) is 93.6 Å². The molecule has 1 aliphatic carbocycles. The topological polar surface area (TPSA) is 9.23 Å². The molecular formula is C32H35OP. The maximum atomic E-state index is 7.16. The van der Waals surface area contributed by atoms with E-state index in [1.807, 2.05) is 0 Å². The number of rotatable bonds is 3. The minimum atomic E-state index is -0.576. The number of hydrogen-bond donors (Lipinski definition) is 0. The molecule has 0 bridgehead atoms. The molecule has 34 heavy (non-hydrogen) atoms. The molecule has 4 aromatic rings. The molecule has 4 aromatic carbocycles. The lowest BCUT2D eigenvalue weighted by Gasteiger charge is -2.39. The monoisotopic (exact) mass is 466 g/mol. The quantitative estimate of drug-likeness (QED) is 0.273. The van der Waals surface area contributed by atoms with E-state index in [1.54, 1.807) is 0 Å². The highest BCUT2D eigenvalue weighted by Crippen LogP contribution is 2.56. The fraction of sp³-hybridized carbons (Fsp3) is 0.375. The van der Waals surface area contributed by atoms with Crippen LogP contribution in [-0.4, -0.2) is 6.10 Å². The first-order valence-electron chi connectivity index (χ1n) is 13.0. The van der Waals surface area contributed by atoms with Crippen molar-refractivity contribution in [1.29, 1.82) is 0 Å². The number of fused-ring (bicyclic) bond motifs is 7. The van der Waals surface area contributed by atoms with Gasteiger partial charge < -0.3 is 4.52 Å². The average molecular weight is 467 g/mol. The Morgan fingerprint density at radius 3 is 1.85 bits per heavy atom. The SMILES string of the molecule is CC(C)[C@H]1CC[C@H](C)C[C@@H]1OP1Cc2ccc3ccccc3c2-c2c(ccc3ccccc23)C1. The molecule has 6 rings (SSSR count). The Hall–Kier alpha value is -2.21. The third kappa shape index (κ3) is 3.98. The van der Waals surface area contributed by atoms with E-state index in [9.17, 15) is 0 Å². The van der Waals surface area contributed by atoms with Crippen LogP contribution in [0.1, 0.15) is 51.2 Å². The maximum absolute atomic E-state index is 7.16. The summed E-state index contributed by atoms with van der Waals surface area (Å²) in [5, 5.41) is 5.41. The van der Waals surface area contributed by atoms with Crippen LogP contribution in [-0.2, 0) is 16.8 Å². The molecule has 2 aliphatic rings. The lowest BCUT2D eigenvalue weighted by Crippen LogP contribution is -2.33. The van der Waals surface area contributed by atoms with Gasteiger partial charge in [0.05, 0.1) is 6.10 Å². The smallest absolute Gasteiger partial charge is 0.0651 e. The Morgan fingerprint density at radius 1 is 0.735 bits per heavy atom. The molecule has 174 valence electrons. The van der Waals surface area contributed by atoms with Gasteiger partial charge in [0.1, 0.15) is 0 Å². The van der Waals surface area contributed by atoms with Gasteiger partial charge in [0.2, 0.25) is 0 Å². The molecular weight excluding hydrogens is 431 g/mol. The van der Waals surface area contributed by atoms with Crippen molar-refractivity contribution in [3.05, 3.63) is 83.9 Å². The highest BCUT2D eigenvalue weighted by atomic mass is 31.1. The molecule has 0 radical (unpaired) electrons. The van der Waals surface area contributed by atoms with Crippen LogP contribution in [0.2, 0.25) is 0 Å². The Balaban J connectivity index is 1.49. The summed E-state index contributed by atoms with van der Waals surface area (Å²) >= 11 is 0. The zero-order valence-electron chi connectivity index (χ0n) is 20.6. The standard InChI is InChI=1S/C32H35OP/c1-21(2)27-17-12-22(3)18-30(27)33-34-19-25-15-13-23-8-4-6-10-28(23)31(25)32-26(20-34)16-14-24-9-5-7-11-29(24)32/h4-11,13-16,21-22,27,30H,12,17-20H2,1-3H3/t22-,27+,30-/m0/s1. The maximum Gasteiger partial charge on any atom is 0.0651 e. The minimum absolute atomic E-state index is 0.403. The molecule has 1 nitrogen and oxygen atoms in total. The second kappa shape index (κ2) is 9.10. The molecule has 0 amide bonds. The summed E-state index contributed by atoms with van der Waals surface area (Å²) in [6.07, 6.45) is 6.39. The van der Waals surface area contributed by atoms with Crippen molar-refractivity contribution >= 4 is 29.7 Å². The zero-order valence-corrected chi connectivity index (χ0v) is 21.5. The first-order valence-corrected chi connectivity index (χ1v) is 14.6. The summed E-state index contributed by atoms with van der Waals surface area (Å²) in [4.78, 5) is 0. The molecule has 1 fully saturated rings. The second-order valence-corrected chi connectivity index (χ2v) is 12.7. The van der Waals surface area contributed by atoms with Crippen molar-refractivity contribution in [2.75, 3.05) is 0 Å².